The van der Waals surface area contributed by atoms with Gasteiger partial charge in [0, 0.05) is 12.8 Å². The van der Waals surface area contributed by atoms with Crippen LogP contribution in [0.3, 0.4) is 0 Å². The van der Waals surface area contributed by atoms with E-state index in [1.165, 1.54) is 19.4 Å². The van der Waals surface area contributed by atoms with Crippen molar-refractivity contribution in [1.82, 2.24) is 0 Å². The van der Waals surface area contributed by atoms with Crippen molar-refractivity contribution in [2.45, 2.75) is 24.9 Å². The Morgan fingerprint density at radius 1 is 1.47 bits per heavy atom. The molecule has 7 heteroatoms. The molecule has 1 N–H and O–H groups in total. The van der Waals surface area contributed by atoms with E-state index in [0.717, 1.165) is 6.42 Å². The number of aliphatic carboxylic acids is 1. The van der Waals surface area contributed by atoms with Gasteiger partial charge >= 0.3 is 11.9 Å². The van der Waals surface area contributed by atoms with Crippen molar-refractivity contribution in [2.24, 2.45) is 5.16 Å². The Hall–Kier alpha value is -2.31. The Morgan fingerprint density at radius 2 is 2.21 bits per heavy atom. The zero-order chi connectivity index (χ0) is 13.9. The fraction of sp³-hybridized carbons (Fsp3) is 0.417. The third-order valence-electron chi connectivity index (χ3n) is 3.00. The maximum absolute atomic E-state index is 11.6. The van der Waals surface area contributed by atoms with Crippen LogP contribution >= 0.6 is 0 Å². The zero-order valence-corrected chi connectivity index (χ0v) is 10.3. The van der Waals surface area contributed by atoms with Gasteiger partial charge in [0.2, 0.25) is 11.3 Å². The monoisotopic (exact) mass is 267 g/mol. The second kappa shape index (κ2) is 5.13. The molecule has 0 spiro atoms. The molecule has 0 bridgehead atoms. The van der Waals surface area contributed by atoms with Crippen LogP contribution in [-0.4, -0.2) is 35.5 Å². The molecule has 0 aromatic carbocycles. The number of carbonyl (C=O) groups excluding carboxylic acids is 1. The van der Waals surface area contributed by atoms with E-state index >= 15 is 0 Å². The highest BCUT2D eigenvalue weighted by molar-refractivity contribution is 6.42. The molecule has 1 aliphatic carbocycles. The van der Waals surface area contributed by atoms with Crippen molar-refractivity contribution in [1.29, 1.82) is 0 Å². The van der Waals surface area contributed by atoms with E-state index in [9.17, 15) is 9.59 Å². The van der Waals surface area contributed by atoms with E-state index in [2.05, 4.69) is 9.89 Å². The van der Waals surface area contributed by atoms with E-state index in [4.69, 9.17) is 14.4 Å². The number of hydrogen-bond acceptors (Lipinski definition) is 6. The van der Waals surface area contributed by atoms with Gasteiger partial charge in [0.15, 0.2) is 5.76 Å². The molecule has 1 fully saturated rings. The van der Waals surface area contributed by atoms with Gasteiger partial charge in [0.25, 0.3) is 0 Å². The molecule has 0 aliphatic heterocycles. The van der Waals surface area contributed by atoms with E-state index in [-0.39, 0.29) is 11.5 Å². The van der Waals surface area contributed by atoms with Crippen LogP contribution < -0.4 is 0 Å². The third kappa shape index (κ3) is 2.44. The van der Waals surface area contributed by atoms with Crippen molar-refractivity contribution in [3.05, 3.63) is 24.2 Å². The number of nitrogens with zero attached hydrogens (tertiary/aromatic N) is 1. The molecule has 102 valence electrons. The number of carbonyl (C=O) groups is 2. The lowest BCUT2D eigenvalue weighted by Gasteiger charge is -2.34. The van der Waals surface area contributed by atoms with Gasteiger partial charge in [-0.2, -0.15) is 0 Å². The third-order valence-corrected chi connectivity index (χ3v) is 3.00. The van der Waals surface area contributed by atoms with E-state index in [1.54, 1.807) is 6.07 Å². The highest BCUT2D eigenvalue weighted by atomic mass is 16.7. The first kappa shape index (κ1) is 13.1. The van der Waals surface area contributed by atoms with Gasteiger partial charge in [-0.25, -0.2) is 9.59 Å². The molecule has 1 aliphatic rings. The molecule has 1 heterocycles. The lowest BCUT2D eigenvalue weighted by molar-refractivity contribution is -0.179. The van der Waals surface area contributed by atoms with Crippen LogP contribution in [0.4, 0.5) is 0 Å². The fourth-order valence-electron chi connectivity index (χ4n) is 1.67. The summed E-state index contributed by atoms with van der Waals surface area (Å²) in [6.45, 7) is 0. The van der Waals surface area contributed by atoms with E-state index in [1.807, 2.05) is 0 Å². The number of esters is 1. The van der Waals surface area contributed by atoms with Crippen molar-refractivity contribution in [3.8, 4) is 0 Å². The average Bonchev–Trinajstić information content (AvgIpc) is 2.84. The number of oxime groups is 1. The minimum atomic E-state index is -1.34. The van der Waals surface area contributed by atoms with Gasteiger partial charge in [0.1, 0.15) is 0 Å². The lowest BCUT2D eigenvalue weighted by atomic mass is 9.80. The smallest absolute Gasteiger partial charge is 0.364 e. The number of rotatable bonds is 5. The van der Waals surface area contributed by atoms with Crippen LogP contribution in [0.25, 0.3) is 0 Å². The largest absolute Gasteiger partial charge is 0.478 e. The normalized spacial score (nSPS) is 17.4. The Kier molecular flexibility index (Phi) is 3.55. The van der Waals surface area contributed by atoms with E-state index < -0.39 is 17.5 Å². The van der Waals surface area contributed by atoms with Gasteiger partial charge in [-0.15, -0.1) is 0 Å². The van der Waals surface area contributed by atoms with Crippen molar-refractivity contribution >= 4 is 17.7 Å². The van der Waals surface area contributed by atoms with Crippen molar-refractivity contribution in [2.75, 3.05) is 7.11 Å². The van der Waals surface area contributed by atoms with Crippen LogP contribution in [0.5, 0.6) is 0 Å². The first-order valence-corrected chi connectivity index (χ1v) is 5.71. The molecule has 0 atom stereocenters. The maximum atomic E-state index is 11.6. The fourth-order valence-corrected chi connectivity index (χ4v) is 1.67. The predicted octanol–water partition coefficient (Wildman–Crippen LogP) is 1.18. The summed E-state index contributed by atoms with van der Waals surface area (Å²) >= 11 is 0. The molecule has 2 rings (SSSR count). The number of carboxylic acids is 1. The topological polar surface area (TPSA) is 98.3 Å². The molecule has 7 nitrogen and oxygen atoms in total. The van der Waals surface area contributed by atoms with Gasteiger partial charge in [0.05, 0.1) is 13.4 Å². The van der Waals surface area contributed by atoms with Crippen LogP contribution in [0.1, 0.15) is 25.0 Å². The van der Waals surface area contributed by atoms with Crippen LogP contribution in [0.15, 0.2) is 28.0 Å². The highest BCUT2D eigenvalue weighted by Crippen LogP contribution is 2.36. The summed E-state index contributed by atoms with van der Waals surface area (Å²) in [6.07, 6.45) is 2.83. The molecule has 0 unspecified atom stereocenters. The molecule has 1 aromatic rings. The minimum absolute atomic E-state index is 0.159. The van der Waals surface area contributed by atoms with Crippen LogP contribution in [-0.2, 0) is 19.2 Å². The summed E-state index contributed by atoms with van der Waals surface area (Å²) < 4.78 is 9.59. The Balaban J connectivity index is 2.22. The average molecular weight is 267 g/mol. The predicted molar refractivity (Wildman–Crippen MR) is 62.6 cm³/mol. The number of hydrogen-bond donors (Lipinski definition) is 1. The Morgan fingerprint density at radius 3 is 2.63 bits per heavy atom. The number of methoxy groups -OCH3 is 1. The first-order valence-electron chi connectivity index (χ1n) is 5.71. The Labute approximate surface area is 108 Å². The van der Waals surface area contributed by atoms with E-state index in [0.29, 0.717) is 12.8 Å². The molecule has 19 heavy (non-hydrogen) atoms. The number of ether oxygens (including phenoxy) is 1. The van der Waals surface area contributed by atoms with Gasteiger partial charge < -0.3 is 19.1 Å². The summed E-state index contributed by atoms with van der Waals surface area (Å²) in [5, 5.41) is 12.7. The Bertz CT molecular complexity index is 500. The van der Waals surface area contributed by atoms with Gasteiger partial charge in [-0.3, -0.25) is 0 Å². The summed E-state index contributed by atoms with van der Waals surface area (Å²) in [7, 11) is 1.19. The summed E-state index contributed by atoms with van der Waals surface area (Å²) in [5.41, 5.74) is -1.54. The second-order valence-corrected chi connectivity index (χ2v) is 4.15. The number of furan rings is 1. The molecule has 0 saturated heterocycles. The van der Waals surface area contributed by atoms with Crippen molar-refractivity contribution < 1.29 is 28.7 Å². The summed E-state index contributed by atoms with van der Waals surface area (Å²) in [4.78, 5) is 27.7. The van der Waals surface area contributed by atoms with Crippen molar-refractivity contribution in [3.63, 3.8) is 0 Å². The van der Waals surface area contributed by atoms with Gasteiger partial charge in [-0.1, -0.05) is 5.16 Å². The number of carboxylic acid groups (broad SMARTS) is 1. The van der Waals surface area contributed by atoms with Gasteiger partial charge in [-0.05, 0) is 18.6 Å². The lowest BCUT2D eigenvalue weighted by Crippen LogP contribution is -2.47. The minimum Gasteiger partial charge on any atom is -0.478 e. The highest BCUT2D eigenvalue weighted by Gasteiger charge is 2.48. The molecule has 0 radical (unpaired) electrons. The molecule has 1 saturated carbocycles. The molecule has 0 amide bonds. The SMILES string of the molecule is COC(=O)/C(=N/OC1(C(=O)O)CCC1)c1ccco1. The molecule has 1 aromatic heterocycles. The van der Waals surface area contributed by atoms with Crippen LogP contribution in [0.2, 0.25) is 0 Å². The quantitative estimate of drug-likeness (QED) is 0.488. The van der Waals surface area contributed by atoms with Crippen LogP contribution in [0, 0.1) is 0 Å². The summed E-state index contributed by atoms with van der Waals surface area (Å²) in [5.74, 6) is -1.69. The first-order chi connectivity index (χ1) is 9.09. The second-order valence-electron chi connectivity index (χ2n) is 4.15. The maximum Gasteiger partial charge on any atom is 0.364 e. The summed E-state index contributed by atoms with van der Waals surface area (Å²) in [6, 6.07) is 3.08. The molecular formula is C12H13NO6. The zero-order valence-electron chi connectivity index (χ0n) is 10.3. The standard InChI is InChI=1S/C12H13NO6/c1-17-10(14)9(8-4-2-7-18-8)13-19-12(11(15)16)5-3-6-12/h2,4,7H,3,5-6H2,1H3,(H,15,16)/b13-9+. The molecular weight excluding hydrogens is 254 g/mol.